The molecule has 0 bridgehead atoms. The van der Waals surface area contributed by atoms with Crippen molar-refractivity contribution in [3.8, 4) is 0 Å². The summed E-state index contributed by atoms with van der Waals surface area (Å²) in [6.45, 7) is 0. The van der Waals surface area contributed by atoms with Crippen LogP contribution >= 0.6 is 7.82 Å². The second-order valence-electron chi connectivity index (χ2n) is 0.961. The highest BCUT2D eigenvalue weighted by Gasteiger charge is 2.00. The summed E-state index contributed by atoms with van der Waals surface area (Å²) in [5.41, 5.74) is 0. The van der Waals surface area contributed by atoms with Gasteiger partial charge in [0.2, 0.25) is 0 Å². The highest BCUT2D eigenvalue weighted by atomic mass is 32.3. The van der Waals surface area contributed by atoms with Gasteiger partial charge in [-0.25, -0.2) is 4.57 Å². The maximum atomic E-state index is 8.88. The zero-order valence-electron chi connectivity index (χ0n) is 5.02. The van der Waals surface area contributed by atoms with Crippen LogP contribution in [0.1, 0.15) is 0 Å². The van der Waals surface area contributed by atoms with E-state index in [9.17, 15) is 0 Å². The molecule has 0 aliphatic rings. The van der Waals surface area contributed by atoms with Crippen LogP contribution in [0, 0.1) is 0 Å². The summed E-state index contributed by atoms with van der Waals surface area (Å²) in [6, 6.07) is 0. The topological polar surface area (TPSA) is 187 Å². The van der Waals surface area contributed by atoms with Crippen molar-refractivity contribution in [1.82, 2.24) is 6.15 Å². The van der Waals surface area contributed by atoms with Crippen molar-refractivity contribution >= 4 is 41.3 Å². The summed E-state index contributed by atoms with van der Waals surface area (Å²) in [6.07, 6.45) is 0. The molecule has 0 saturated carbocycles. The number of hydrogen-bond donors (Lipinski definition) is 6. The van der Waals surface area contributed by atoms with Crippen molar-refractivity contribution in [3.05, 3.63) is 0 Å². The van der Waals surface area contributed by atoms with Gasteiger partial charge in [0.1, 0.15) is 0 Å². The molecule has 0 rings (SSSR count). The molecule has 76 valence electrons. The van der Waals surface area contributed by atoms with Crippen LogP contribution in [0.2, 0.25) is 0 Å². The van der Waals surface area contributed by atoms with Gasteiger partial charge >= 0.3 is 41.3 Å². The van der Waals surface area contributed by atoms with Gasteiger partial charge in [0.25, 0.3) is 0 Å². The van der Waals surface area contributed by atoms with Crippen LogP contribution < -0.4 is 6.15 Å². The minimum atomic E-state index is -4.67. The molecule has 0 unspecified atom stereocenters. The highest BCUT2D eigenvalue weighted by Crippen LogP contribution is 2.25. The Morgan fingerprint density at radius 1 is 1.00 bits per heavy atom. The van der Waals surface area contributed by atoms with Gasteiger partial charge in [-0.15, -0.1) is 0 Å². The molecule has 0 heterocycles. The molecule has 9 nitrogen and oxygen atoms in total. The molecule has 0 aromatic carbocycles. The highest BCUT2D eigenvalue weighted by molar-refractivity contribution is 7.79. The van der Waals surface area contributed by atoms with Crippen LogP contribution in [-0.2, 0) is 15.0 Å². The fourth-order valence-electron chi connectivity index (χ4n) is 0. The van der Waals surface area contributed by atoms with Gasteiger partial charge in [0, 0.05) is 0 Å². The zero-order chi connectivity index (χ0) is 9.00. The van der Waals surface area contributed by atoms with Gasteiger partial charge in [-0.1, -0.05) is 0 Å². The Bertz CT molecular complexity index is 197. The van der Waals surface area contributed by atoms with Crippen molar-refractivity contribution in [3.63, 3.8) is 0 Å². The lowest BCUT2D eigenvalue weighted by molar-refractivity contribution is 0.275. The van der Waals surface area contributed by atoms with Crippen LogP contribution in [-0.4, -0.2) is 55.3 Å². The summed E-state index contributed by atoms with van der Waals surface area (Å²) in [5.74, 6) is 0. The summed E-state index contributed by atoms with van der Waals surface area (Å²) < 4.78 is 40.5. The lowest BCUT2D eigenvalue weighted by Crippen LogP contribution is -1.89. The second kappa shape index (κ2) is 8.31. The van der Waals surface area contributed by atoms with E-state index in [0.717, 1.165) is 0 Å². The molecule has 0 aromatic heterocycles. The third kappa shape index (κ3) is 2020. The monoisotopic (exact) mass is 239 g/mol. The van der Waals surface area contributed by atoms with E-state index < -0.39 is 18.2 Å². The molecule has 0 spiro atoms. The quantitative estimate of drug-likeness (QED) is 0.153. The Labute approximate surface area is 84.3 Å². The molecule has 0 aromatic rings. The summed E-state index contributed by atoms with van der Waals surface area (Å²) >= 11 is 0. The van der Waals surface area contributed by atoms with Crippen molar-refractivity contribution in [2.45, 2.75) is 0 Å². The Morgan fingerprint density at radius 2 is 1.00 bits per heavy atom. The van der Waals surface area contributed by atoms with Crippen LogP contribution in [0.3, 0.4) is 0 Å². The fraction of sp³-hybridized carbons (Fsp3) is 0. The molecule has 0 amide bonds. The van der Waals surface area contributed by atoms with E-state index in [1.807, 2.05) is 0 Å². The number of rotatable bonds is 0. The Morgan fingerprint density at radius 3 is 1.00 bits per heavy atom. The van der Waals surface area contributed by atoms with E-state index in [4.69, 9.17) is 36.8 Å². The second-order valence-corrected chi connectivity index (χ2v) is 2.88. The van der Waals surface area contributed by atoms with Gasteiger partial charge in [-0.05, 0) is 0 Å². The van der Waals surface area contributed by atoms with E-state index in [2.05, 4.69) is 0 Å². The van der Waals surface area contributed by atoms with Crippen LogP contribution in [0.25, 0.3) is 0 Å². The number of hydrogen-bond acceptors (Lipinski definition) is 4. The minimum absolute atomic E-state index is 0. The molecular weight excluding hydrogens is 229 g/mol. The fourth-order valence-corrected chi connectivity index (χ4v) is 0. The molecule has 0 saturated heterocycles. The van der Waals surface area contributed by atoms with Crippen LogP contribution in [0.15, 0.2) is 0 Å². The van der Waals surface area contributed by atoms with Crippen molar-refractivity contribution in [1.29, 1.82) is 0 Å². The van der Waals surface area contributed by atoms with Gasteiger partial charge in [0.15, 0.2) is 0 Å². The zero-order valence-corrected chi connectivity index (χ0v) is 6.73. The Hall–Kier alpha value is 0.706. The van der Waals surface area contributed by atoms with Gasteiger partial charge in [-0.3, -0.25) is 9.11 Å². The van der Waals surface area contributed by atoms with Crippen molar-refractivity contribution in [2.24, 2.45) is 0 Å². The summed E-state index contributed by atoms with van der Waals surface area (Å²) in [5, 5.41) is 0. The van der Waals surface area contributed by atoms with Crippen molar-refractivity contribution in [2.75, 3.05) is 0 Å². The molecule has 8 N–H and O–H groups in total. The molecule has 0 aliphatic heterocycles. The lowest BCUT2D eigenvalue weighted by atomic mass is 14.0. The Kier molecular flexibility index (Phi) is 15.9. The molecular formula is H10MgNO8PS. The van der Waals surface area contributed by atoms with Gasteiger partial charge in [0.05, 0.1) is 0 Å². The van der Waals surface area contributed by atoms with Gasteiger partial charge < -0.3 is 20.8 Å². The van der Waals surface area contributed by atoms with E-state index in [0.29, 0.717) is 0 Å². The summed E-state index contributed by atoms with van der Waals surface area (Å²) in [4.78, 5) is 21.6. The predicted molar refractivity (Wildman–Crippen MR) is 42.0 cm³/mol. The molecule has 0 radical (unpaired) electrons. The first kappa shape index (κ1) is 23.0. The smallest absolute Gasteiger partial charge is 0.344 e. The third-order valence-electron chi connectivity index (χ3n) is 0. The first-order valence-electron chi connectivity index (χ1n) is 1.48. The van der Waals surface area contributed by atoms with E-state index in [1.54, 1.807) is 0 Å². The summed E-state index contributed by atoms with van der Waals surface area (Å²) in [7, 11) is -9.31. The molecule has 12 heavy (non-hydrogen) atoms. The normalized spacial score (nSPS) is 9.75. The van der Waals surface area contributed by atoms with Crippen LogP contribution in [0.4, 0.5) is 0 Å². The average molecular weight is 239 g/mol. The van der Waals surface area contributed by atoms with E-state index in [-0.39, 0.29) is 29.2 Å². The van der Waals surface area contributed by atoms with Crippen molar-refractivity contribution < 1.29 is 36.8 Å². The molecule has 0 aliphatic carbocycles. The Balaban J connectivity index is -0.0000000457. The lowest BCUT2D eigenvalue weighted by Gasteiger charge is -1.82. The number of phosphoric acid groups is 1. The first-order valence-corrected chi connectivity index (χ1v) is 4.44. The first-order chi connectivity index (χ1) is 4.00. The van der Waals surface area contributed by atoms with E-state index >= 15 is 0 Å². The molecule has 0 atom stereocenters. The third-order valence-corrected chi connectivity index (χ3v) is 0. The maximum Gasteiger partial charge on any atom is 0.466 e. The average Bonchev–Trinajstić information content (AvgIpc) is 1.12. The largest absolute Gasteiger partial charge is 0.466 e. The minimum Gasteiger partial charge on any atom is -0.344 e. The molecule has 12 heteroatoms. The van der Waals surface area contributed by atoms with Gasteiger partial charge in [-0.2, -0.15) is 8.42 Å². The molecule has 0 fully saturated rings. The van der Waals surface area contributed by atoms with E-state index in [1.165, 1.54) is 0 Å². The maximum absolute atomic E-state index is 8.88. The predicted octanol–water partition coefficient (Wildman–Crippen LogP) is -2.34. The SMILES string of the molecule is N.O=P(O)(O)O.O=S(=O)(O)O.[MgH2]. The van der Waals surface area contributed by atoms with Crippen LogP contribution in [0.5, 0.6) is 0 Å². The standard InChI is InChI=1S/Mg.H3N.H3O4P.H2O4S.2H/c;;2*1-5(2,3)4;;/h;1H3;(H3,1,2,3,4);(H2,1,2,3,4);;.